The molecule has 0 aromatic heterocycles. The first-order chi connectivity index (χ1) is 4.79. The molecular formula is C6H10O4. The minimum atomic E-state index is -0.822. The third kappa shape index (κ3) is 3.42. The summed E-state index contributed by atoms with van der Waals surface area (Å²) in [6, 6.07) is 0. The molecule has 0 aromatic carbocycles. The zero-order chi connectivity index (χ0) is 7.40. The lowest BCUT2D eigenvalue weighted by Crippen LogP contribution is -2.06. The van der Waals surface area contributed by atoms with E-state index in [0.29, 0.717) is 6.61 Å². The maximum absolute atomic E-state index is 9.95. The van der Waals surface area contributed by atoms with Crippen molar-refractivity contribution in [3.63, 3.8) is 0 Å². The van der Waals surface area contributed by atoms with Crippen LogP contribution in [0.1, 0.15) is 6.42 Å². The highest BCUT2D eigenvalue weighted by molar-refractivity contribution is 5.66. The number of ether oxygens (including phenoxy) is 2. The Morgan fingerprint density at radius 2 is 2.50 bits per heavy atom. The summed E-state index contributed by atoms with van der Waals surface area (Å²) in [5, 5.41) is 8.18. The van der Waals surface area contributed by atoms with Crippen LogP contribution in [0.5, 0.6) is 0 Å². The summed E-state index contributed by atoms with van der Waals surface area (Å²) >= 11 is 0. The van der Waals surface area contributed by atoms with Crippen LogP contribution in [0.2, 0.25) is 0 Å². The molecule has 0 saturated carbocycles. The third-order valence-electron chi connectivity index (χ3n) is 1.17. The van der Waals surface area contributed by atoms with E-state index in [4.69, 9.17) is 14.6 Å². The summed E-state index contributed by atoms with van der Waals surface area (Å²) in [5.41, 5.74) is 0. The largest absolute Gasteiger partial charge is 0.481 e. The van der Waals surface area contributed by atoms with Gasteiger partial charge in [0.2, 0.25) is 0 Å². The first-order valence-electron chi connectivity index (χ1n) is 3.20. The second-order valence-corrected chi connectivity index (χ2v) is 2.17. The average Bonchev–Trinajstić information content (AvgIpc) is 2.62. The van der Waals surface area contributed by atoms with Crippen molar-refractivity contribution in [2.75, 3.05) is 19.8 Å². The fourth-order valence-corrected chi connectivity index (χ4v) is 0.539. The summed E-state index contributed by atoms with van der Waals surface area (Å²) in [6.45, 7) is 1.58. The Morgan fingerprint density at radius 3 is 3.00 bits per heavy atom. The molecule has 1 fully saturated rings. The van der Waals surface area contributed by atoms with Gasteiger partial charge in [-0.2, -0.15) is 0 Å². The fraction of sp³-hybridized carbons (Fsp3) is 0.833. The Morgan fingerprint density at radius 1 is 1.80 bits per heavy atom. The number of carboxylic acid groups (broad SMARTS) is 1. The van der Waals surface area contributed by atoms with E-state index in [-0.39, 0.29) is 19.1 Å². The molecule has 0 radical (unpaired) electrons. The van der Waals surface area contributed by atoms with Crippen molar-refractivity contribution in [3.05, 3.63) is 0 Å². The van der Waals surface area contributed by atoms with Crippen LogP contribution in [0, 0.1) is 0 Å². The zero-order valence-corrected chi connectivity index (χ0v) is 5.58. The Kier molecular flexibility index (Phi) is 2.65. The van der Waals surface area contributed by atoms with Crippen LogP contribution < -0.4 is 0 Å². The number of hydrogen-bond donors (Lipinski definition) is 1. The molecule has 1 atom stereocenters. The van der Waals surface area contributed by atoms with Gasteiger partial charge in [-0.1, -0.05) is 0 Å². The Labute approximate surface area is 58.7 Å². The molecular weight excluding hydrogens is 136 g/mol. The second kappa shape index (κ2) is 3.53. The van der Waals surface area contributed by atoms with Crippen LogP contribution in [0.25, 0.3) is 0 Å². The van der Waals surface area contributed by atoms with Crippen molar-refractivity contribution in [1.82, 2.24) is 0 Å². The molecule has 4 heteroatoms. The summed E-state index contributed by atoms with van der Waals surface area (Å²) in [7, 11) is 0. The van der Waals surface area contributed by atoms with E-state index in [2.05, 4.69) is 0 Å². The predicted octanol–water partition coefficient (Wildman–Crippen LogP) is -0.123. The zero-order valence-electron chi connectivity index (χ0n) is 5.58. The van der Waals surface area contributed by atoms with E-state index >= 15 is 0 Å². The van der Waals surface area contributed by atoms with Gasteiger partial charge in [-0.3, -0.25) is 4.79 Å². The number of epoxide rings is 1. The quantitative estimate of drug-likeness (QED) is 0.434. The molecule has 1 rings (SSSR count). The average molecular weight is 146 g/mol. The first-order valence-corrected chi connectivity index (χ1v) is 3.20. The smallest absolute Gasteiger partial charge is 0.305 e. The minimum Gasteiger partial charge on any atom is -0.481 e. The molecule has 1 unspecified atom stereocenters. The highest BCUT2D eigenvalue weighted by Crippen LogP contribution is 2.08. The molecule has 0 spiro atoms. The minimum absolute atomic E-state index is 0.0761. The molecule has 1 heterocycles. The van der Waals surface area contributed by atoms with Gasteiger partial charge in [0.25, 0.3) is 0 Å². The molecule has 0 bridgehead atoms. The van der Waals surface area contributed by atoms with Crippen molar-refractivity contribution in [2.45, 2.75) is 12.5 Å². The van der Waals surface area contributed by atoms with Gasteiger partial charge in [-0.25, -0.2) is 0 Å². The second-order valence-electron chi connectivity index (χ2n) is 2.17. The molecule has 4 nitrogen and oxygen atoms in total. The Balaban J connectivity index is 1.80. The summed E-state index contributed by atoms with van der Waals surface area (Å²) < 4.78 is 9.81. The molecule has 1 N–H and O–H groups in total. The van der Waals surface area contributed by atoms with Crippen LogP contribution in [-0.2, 0) is 14.3 Å². The topological polar surface area (TPSA) is 59.1 Å². The van der Waals surface area contributed by atoms with Crippen LogP contribution in [0.3, 0.4) is 0 Å². The van der Waals surface area contributed by atoms with Gasteiger partial charge in [0.1, 0.15) is 6.10 Å². The third-order valence-corrected chi connectivity index (χ3v) is 1.17. The van der Waals surface area contributed by atoms with Gasteiger partial charge < -0.3 is 14.6 Å². The monoisotopic (exact) mass is 146 g/mol. The number of rotatable bonds is 5. The number of carbonyl (C=O) groups is 1. The van der Waals surface area contributed by atoms with E-state index in [0.717, 1.165) is 6.61 Å². The SMILES string of the molecule is O=C(O)CCOCC1CO1. The molecule has 1 aliphatic heterocycles. The van der Waals surface area contributed by atoms with Crippen molar-refractivity contribution in [3.8, 4) is 0 Å². The standard InChI is InChI=1S/C6H10O4/c7-6(8)1-2-9-3-5-4-10-5/h5H,1-4H2,(H,7,8). The summed E-state index contributed by atoms with van der Waals surface area (Å²) in [5.74, 6) is -0.822. The number of hydrogen-bond acceptors (Lipinski definition) is 3. The maximum atomic E-state index is 9.95. The first kappa shape index (κ1) is 7.50. The van der Waals surface area contributed by atoms with Gasteiger partial charge >= 0.3 is 5.97 Å². The van der Waals surface area contributed by atoms with Crippen molar-refractivity contribution in [1.29, 1.82) is 0 Å². The molecule has 0 amide bonds. The normalized spacial score (nSPS) is 22.6. The van der Waals surface area contributed by atoms with Crippen molar-refractivity contribution >= 4 is 5.97 Å². The molecule has 1 aliphatic rings. The van der Waals surface area contributed by atoms with Crippen molar-refractivity contribution < 1.29 is 19.4 Å². The van der Waals surface area contributed by atoms with Crippen molar-refractivity contribution in [2.24, 2.45) is 0 Å². The highest BCUT2D eigenvalue weighted by Gasteiger charge is 2.22. The van der Waals surface area contributed by atoms with Gasteiger partial charge in [-0.15, -0.1) is 0 Å². The fourth-order valence-electron chi connectivity index (χ4n) is 0.539. The van der Waals surface area contributed by atoms with Crippen LogP contribution in [0.15, 0.2) is 0 Å². The van der Waals surface area contributed by atoms with E-state index < -0.39 is 5.97 Å². The van der Waals surface area contributed by atoms with E-state index in [9.17, 15) is 4.79 Å². The van der Waals surface area contributed by atoms with Gasteiger partial charge in [0.05, 0.1) is 26.2 Å². The summed E-state index contributed by atoms with van der Waals surface area (Å²) in [6.07, 6.45) is 0.306. The van der Waals surface area contributed by atoms with Crippen LogP contribution in [0.4, 0.5) is 0 Å². The van der Waals surface area contributed by atoms with E-state index in [1.54, 1.807) is 0 Å². The molecule has 1 saturated heterocycles. The Bertz CT molecular complexity index is 119. The van der Waals surface area contributed by atoms with Crippen LogP contribution >= 0.6 is 0 Å². The molecule has 10 heavy (non-hydrogen) atoms. The molecule has 58 valence electrons. The predicted molar refractivity (Wildman–Crippen MR) is 32.8 cm³/mol. The van der Waals surface area contributed by atoms with Crippen LogP contribution in [-0.4, -0.2) is 37.0 Å². The van der Waals surface area contributed by atoms with E-state index in [1.807, 2.05) is 0 Å². The lowest BCUT2D eigenvalue weighted by Gasteiger charge is -1.96. The molecule has 0 aromatic rings. The van der Waals surface area contributed by atoms with E-state index in [1.165, 1.54) is 0 Å². The number of aliphatic carboxylic acids is 1. The Hall–Kier alpha value is -0.610. The van der Waals surface area contributed by atoms with Gasteiger partial charge in [0.15, 0.2) is 0 Å². The van der Waals surface area contributed by atoms with Gasteiger partial charge in [0, 0.05) is 0 Å². The lowest BCUT2D eigenvalue weighted by atomic mass is 10.4. The summed E-state index contributed by atoms with van der Waals surface area (Å²) in [4.78, 5) is 9.95. The lowest BCUT2D eigenvalue weighted by molar-refractivity contribution is -0.138. The molecule has 0 aliphatic carbocycles. The highest BCUT2D eigenvalue weighted by atomic mass is 16.6. The van der Waals surface area contributed by atoms with Gasteiger partial charge in [-0.05, 0) is 0 Å². The number of carboxylic acids is 1. The maximum Gasteiger partial charge on any atom is 0.305 e.